The van der Waals surface area contributed by atoms with E-state index in [1.54, 1.807) is 12.4 Å². The molecule has 2 nitrogen and oxygen atoms in total. The zero-order chi connectivity index (χ0) is 11.1. The summed E-state index contributed by atoms with van der Waals surface area (Å²) < 4.78 is 0.924. The van der Waals surface area contributed by atoms with E-state index in [1.807, 2.05) is 6.07 Å². The summed E-state index contributed by atoms with van der Waals surface area (Å²) in [7, 11) is 0. The Morgan fingerprint density at radius 2 is 2.13 bits per heavy atom. The van der Waals surface area contributed by atoms with Crippen molar-refractivity contribution in [3.05, 3.63) is 28.5 Å². The van der Waals surface area contributed by atoms with E-state index in [9.17, 15) is 5.11 Å². The molecule has 1 atom stereocenters. The number of pyridine rings is 1. The molecular formula is C12H18BrNO. The van der Waals surface area contributed by atoms with Crippen LogP contribution in [-0.4, -0.2) is 10.1 Å². The van der Waals surface area contributed by atoms with Crippen LogP contribution in [0, 0.1) is 0 Å². The van der Waals surface area contributed by atoms with E-state index in [4.69, 9.17) is 0 Å². The molecule has 0 spiro atoms. The highest BCUT2D eigenvalue weighted by Crippen LogP contribution is 2.21. The first-order chi connectivity index (χ1) is 7.24. The molecule has 0 saturated heterocycles. The first-order valence-electron chi connectivity index (χ1n) is 5.52. The molecule has 0 fully saturated rings. The maximum Gasteiger partial charge on any atom is 0.0805 e. The fourth-order valence-electron chi connectivity index (χ4n) is 1.54. The van der Waals surface area contributed by atoms with Crippen LogP contribution in [0.15, 0.2) is 22.9 Å². The molecule has 0 aromatic carbocycles. The fraction of sp³-hybridized carbons (Fsp3) is 0.583. The van der Waals surface area contributed by atoms with Gasteiger partial charge in [-0.2, -0.15) is 0 Å². The Balaban J connectivity index is 2.36. The van der Waals surface area contributed by atoms with E-state index in [2.05, 4.69) is 27.8 Å². The number of aromatic nitrogens is 1. The van der Waals surface area contributed by atoms with Crippen LogP contribution in [0.4, 0.5) is 0 Å². The van der Waals surface area contributed by atoms with Crippen LogP contribution in [0.2, 0.25) is 0 Å². The molecule has 0 amide bonds. The third-order valence-electron chi connectivity index (χ3n) is 2.44. The van der Waals surface area contributed by atoms with Gasteiger partial charge in [-0.1, -0.05) is 32.6 Å². The molecule has 0 aliphatic carbocycles. The predicted molar refractivity (Wildman–Crippen MR) is 65.7 cm³/mol. The Kier molecular flexibility index (Phi) is 5.88. The van der Waals surface area contributed by atoms with E-state index in [-0.39, 0.29) is 6.10 Å². The Labute approximate surface area is 99.9 Å². The number of rotatable bonds is 6. The molecule has 1 aromatic heterocycles. The summed E-state index contributed by atoms with van der Waals surface area (Å²) >= 11 is 3.35. The Morgan fingerprint density at radius 3 is 2.80 bits per heavy atom. The van der Waals surface area contributed by atoms with E-state index in [0.717, 1.165) is 22.9 Å². The van der Waals surface area contributed by atoms with E-state index >= 15 is 0 Å². The molecule has 0 aliphatic heterocycles. The molecular weight excluding hydrogens is 254 g/mol. The first kappa shape index (κ1) is 12.7. The van der Waals surface area contributed by atoms with Gasteiger partial charge >= 0.3 is 0 Å². The highest BCUT2D eigenvalue weighted by molar-refractivity contribution is 9.10. The maximum atomic E-state index is 9.88. The van der Waals surface area contributed by atoms with Gasteiger partial charge in [0.1, 0.15) is 0 Å². The monoisotopic (exact) mass is 271 g/mol. The Hall–Kier alpha value is -0.410. The van der Waals surface area contributed by atoms with Crippen molar-refractivity contribution < 1.29 is 5.11 Å². The molecule has 3 heteroatoms. The summed E-state index contributed by atoms with van der Waals surface area (Å²) in [6, 6.07) is 1.93. The van der Waals surface area contributed by atoms with Crippen molar-refractivity contribution in [2.45, 2.75) is 45.1 Å². The number of hydrogen-bond donors (Lipinski definition) is 1. The second kappa shape index (κ2) is 6.96. The second-order valence-electron chi connectivity index (χ2n) is 3.80. The minimum absolute atomic E-state index is 0.369. The Morgan fingerprint density at radius 1 is 1.33 bits per heavy atom. The summed E-state index contributed by atoms with van der Waals surface area (Å²) in [6.45, 7) is 2.19. The van der Waals surface area contributed by atoms with Gasteiger partial charge in [-0.25, -0.2) is 0 Å². The average Bonchev–Trinajstić information content (AvgIpc) is 2.24. The lowest BCUT2D eigenvalue weighted by molar-refractivity contribution is 0.163. The van der Waals surface area contributed by atoms with E-state index < -0.39 is 0 Å². The van der Waals surface area contributed by atoms with Gasteiger partial charge in [-0.3, -0.25) is 4.98 Å². The summed E-state index contributed by atoms with van der Waals surface area (Å²) in [5.74, 6) is 0. The molecule has 1 N–H and O–H groups in total. The lowest BCUT2D eigenvalue weighted by atomic mass is 10.0. The highest BCUT2D eigenvalue weighted by atomic mass is 79.9. The summed E-state index contributed by atoms with van der Waals surface area (Å²) in [6.07, 6.45) is 8.70. The van der Waals surface area contributed by atoms with Crippen molar-refractivity contribution in [3.63, 3.8) is 0 Å². The highest BCUT2D eigenvalue weighted by Gasteiger charge is 2.07. The van der Waals surface area contributed by atoms with Gasteiger partial charge < -0.3 is 5.11 Å². The fourth-order valence-corrected chi connectivity index (χ4v) is 1.92. The standard InChI is InChI=1S/C12H18BrNO/c1-2-3-4-5-6-12(15)10-7-11(13)9-14-8-10/h7-9,12,15H,2-6H2,1H3. The molecule has 84 valence electrons. The number of unbranched alkanes of at least 4 members (excludes halogenated alkanes) is 3. The topological polar surface area (TPSA) is 33.1 Å². The van der Waals surface area contributed by atoms with Crippen LogP contribution in [0.3, 0.4) is 0 Å². The van der Waals surface area contributed by atoms with Crippen LogP contribution in [0.25, 0.3) is 0 Å². The lowest BCUT2D eigenvalue weighted by Gasteiger charge is -2.10. The number of nitrogens with zero attached hydrogens (tertiary/aromatic N) is 1. The summed E-state index contributed by atoms with van der Waals surface area (Å²) in [5, 5.41) is 9.88. The van der Waals surface area contributed by atoms with Crippen LogP contribution < -0.4 is 0 Å². The van der Waals surface area contributed by atoms with Crippen LogP contribution in [-0.2, 0) is 0 Å². The van der Waals surface area contributed by atoms with Crippen molar-refractivity contribution >= 4 is 15.9 Å². The predicted octanol–water partition coefficient (Wildman–Crippen LogP) is 3.85. The molecule has 0 radical (unpaired) electrons. The van der Waals surface area contributed by atoms with Crippen molar-refractivity contribution in [1.29, 1.82) is 0 Å². The van der Waals surface area contributed by atoms with Crippen molar-refractivity contribution in [3.8, 4) is 0 Å². The van der Waals surface area contributed by atoms with Crippen LogP contribution >= 0.6 is 15.9 Å². The van der Waals surface area contributed by atoms with E-state index in [1.165, 1.54) is 19.3 Å². The molecule has 15 heavy (non-hydrogen) atoms. The SMILES string of the molecule is CCCCCCC(O)c1cncc(Br)c1. The minimum atomic E-state index is -0.369. The van der Waals surface area contributed by atoms with Gasteiger partial charge in [-0.15, -0.1) is 0 Å². The third-order valence-corrected chi connectivity index (χ3v) is 2.88. The van der Waals surface area contributed by atoms with Crippen LogP contribution in [0.5, 0.6) is 0 Å². The number of aliphatic hydroxyl groups excluding tert-OH is 1. The zero-order valence-corrected chi connectivity index (χ0v) is 10.7. The maximum absolute atomic E-state index is 9.88. The number of halogens is 1. The molecule has 1 unspecified atom stereocenters. The zero-order valence-electron chi connectivity index (χ0n) is 9.12. The minimum Gasteiger partial charge on any atom is -0.388 e. The van der Waals surface area contributed by atoms with Crippen LogP contribution in [0.1, 0.15) is 50.7 Å². The van der Waals surface area contributed by atoms with Gasteiger partial charge in [0.25, 0.3) is 0 Å². The summed E-state index contributed by atoms with van der Waals surface area (Å²) in [4.78, 5) is 4.04. The third kappa shape index (κ3) is 4.76. The summed E-state index contributed by atoms with van der Waals surface area (Å²) in [5.41, 5.74) is 0.904. The normalized spacial score (nSPS) is 12.7. The van der Waals surface area contributed by atoms with Crippen molar-refractivity contribution in [2.75, 3.05) is 0 Å². The smallest absolute Gasteiger partial charge is 0.0805 e. The lowest BCUT2D eigenvalue weighted by Crippen LogP contribution is -1.98. The van der Waals surface area contributed by atoms with Gasteiger partial charge in [0, 0.05) is 16.9 Å². The molecule has 1 aromatic rings. The number of hydrogen-bond acceptors (Lipinski definition) is 2. The molecule has 1 heterocycles. The quantitative estimate of drug-likeness (QED) is 0.798. The molecule has 0 bridgehead atoms. The van der Waals surface area contributed by atoms with Gasteiger partial charge in [0.05, 0.1) is 6.10 Å². The molecule has 0 aliphatic rings. The number of aliphatic hydroxyl groups is 1. The second-order valence-corrected chi connectivity index (χ2v) is 4.72. The van der Waals surface area contributed by atoms with Crippen molar-refractivity contribution in [2.24, 2.45) is 0 Å². The van der Waals surface area contributed by atoms with Gasteiger partial charge in [0.2, 0.25) is 0 Å². The molecule has 0 saturated carbocycles. The van der Waals surface area contributed by atoms with Gasteiger partial charge in [0.15, 0.2) is 0 Å². The van der Waals surface area contributed by atoms with Gasteiger partial charge in [-0.05, 0) is 34.0 Å². The first-order valence-corrected chi connectivity index (χ1v) is 6.32. The Bertz CT molecular complexity index is 291. The molecule has 1 rings (SSSR count). The largest absolute Gasteiger partial charge is 0.388 e. The average molecular weight is 272 g/mol. The van der Waals surface area contributed by atoms with E-state index in [0.29, 0.717) is 0 Å². The van der Waals surface area contributed by atoms with Crippen molar-refractivity contribution in [1.82, 2.24) is 4.98 Å².